The first-order valence-corrected chi connectivity index (χ1v) is 4.60. The van der Waals surface area contributed by atoms with Crippen LogP contribution in [0.4, 0.5) is 5.69 Å². The fourth-order valence-electron chi connectivity index (χ4n) is 1.17. The highest BCUT2D eigenvalue weighted by molar-refractivity contribution is 5.47. The number of anilines is 1. The summed E-state index contributed by atoms with van der Waals surface area (Å²) in [6.07, 6.45) is 1.30. The Balaban J connectivity index is 2.47. The lowest BCUT2D eigenvalue weighted by molar-refractivity contribution is 0.310. The summed E-state index contributed by atoms with van der Waals surface area (Å²) in [6.45, 7) is 2.54. The minimum atomic E-state index is 0.536. The van der Waals surface area contributed by atoms with Gasteiger partial charge in [0.2, 0.25) is 0 Å². The Morgan fingerprint density at radius 1 is 1.50 bits per heavy atom. The Kier molecular flexibility index (Phi) is 3.81. The second kappa shape index (κ2) is 5.13. The van der Waals surface area contributed by atoms with E-state index in [1.165, 1.54) is 0 Å². The van der Waals surface area contributed by atoms with Crippen LogP contribution in [0, 0.1) is 18.3 Å². The highest BCUT2D eigenvalue weighted by atomic mass is 16.5. The largest absolute Gasteiger partial charge is 0.493 e. The number of nitrogens with two attached hydrogens (primary N) is 1. The first-order chi connectivity index (χ1) is 6.74. The van der Waals surface area contributed by atoms with E-state index in [1.54, 1.807) is 0 Å². The van der Waals surface area contributed by atoms with Crippen LogP contribution in [0.1, 0.15) is 18.4 Å². The Labute approximate surface area is 84.1 Å². The van der Waals surface area contributed by atoms with Crippen LogP contribution >= 0.6 is 0 Å². The molecule has 0 bridgehead atoms. The molecule has 3 heteroatoms. The number of hydrogen-bond donors (Lipinski definition) is 1. The minimum absolute atomic E-state index is 0.536. The number of unbranched alkanes of at least 4 members (excludes halogenated alkanes) is 1. The summed E-state index contributed by atoms with van der Waals surface area (Å²) in [5, 5.41) is 8.33. The topological polar surface area (TPSA) is 59.0 Å². The van der Waals surface area contributed by atoms with Gasteiger partial charge < -0.3 is 10.5 Å². The molecule has 0 saturated heterocycles. The summed E-state index contributed by atoms with van der Waals surface area (Å²) >= 11 is 0. The molecule has 0 radical (unpaired) electrons. The average Bonchev–Trinajstić information content (AvgIpc) is 2.15. The lowest BCUT2D eigenvalue weighted by atomic mass is 10.2. The molecule has 2 N–H and O–H groups in total. The van der Waals surface area contributed by atoms with Crippen molar-refractivity contribution in [3.05, 3.63) is 23.8 Å². The molecule has 1 aromatic rings. The molecule has 0 aliphatic heterocycles. The van der Waals surface area contributed by atoms with Crippen LogP contribution in [0.15, 0.2) is 18.2 Å². The number of benzene rings is 1. The van der Waals surface area contributed by atoms with E-state index in [9.17, 15) is 0 Å². The molecular weight excluding hydrogens is 176 g/mol. The summed E-state index contributed by atoms with van der Waals surface area (Å²) in [7, 11) is 0. The monoisotopic (exact) mass is 190 g/mol. The minimum Gasteiger partial charge on any atom is -0.493 e. The summed E-state index contributed by atoms with van der Waals surface area (Å²) in [5.41, 5.74) is 7.38. The van der Waals surface area contributed by atoms with E-state index in [0.717, 1.165) is 23.4 Å². The Morgan fingerprint density at radius 2 is 2.29 bits per heavy atom. The van der Waals surface area contributed by atoms with E-state index < -0.39 is 0 Å². The van der Waals surface area contributed by atoms with Crippen molar-refractivity contribution in [3.8, 4) is 11.8 Å². The number of rotatable bonds is 4. The second-order valence-corrected chi connectivity index (χ2v) is 3.14. The zero-order valence-corrected chi connectivity index (χ0v) is 8.29. The van der Waals surface area contributed by atoms with Crippen molar-refractivity contribution >= 4 is 5.69 Å². The van der Waals surface area contributed by atoms with E-state index in [2.05, 4.69) is 6.07 Å². The highest BCUT2D eigenvalue weighted by Gasteiger charge is 1.98. The molecule has 14 heavy (non-hydrogen) atoms. The Morgan fingerprint density at radius 3 is 2.93 bits per heavy atom. The van der Waals surface area contributed by atoms with Crippen molar-refractivity contribution in [2.75, 3.05) is 12.3 Å². The Hall–Kier alpha value is -1.69. The number of aryl methyl sites for hydroxylation is 1. The normalized spacial score (nSPS) is 9.43. The lowest BCUT2D eigenvalue weighted by Crippen LogP contribution is -1.98. The molecule has 0 spiro atoms. The lowest BCUT2D eigenvalue weighted by Gasteiger charge is -2.08. The molecule has 0 saturated carbocycles. The standard InChI is InChI=1S/C11H14N2O/c1-9-8-10(13)4-5-11(9)14-7-3-2-6-12/h4-5,8H,2-3,7,13H2,1H3. The number of ether oxygens (including phenoxy) is 1. The van der Waals surface area contributed by atoms with Crippen molar-refractivity contribution in [2.24, 2.45) is 0 Å². The molecule has 0 fully saturated rings. The molecule has 0 aliphatic carbocycles. The number of nitrogens with zero attached hydrogens (tertiary/aromatic N) is 1. The molecule has 1 aromatic carbocycles. The summed E-state index contributed by atoms with van der Waals surface area (Å²) in [6, 6.07) is 7.62. The third-order valence-electron chi connectivity index (χ3n) is 1.89. The fraction of sp³-hybridized carbons (Fsp3) is 0.364. The van der Waals surface area contributed by atoms with Crippen molar-refractivity contribution in [1.82, 2.24) is 0 Å². The van der Waals surface area contributed by atoms with Gasteiger partial charge in [-0.15, -0.1) is 0 Å². The summed E-state index contributed by atoms with van der Waals surface area (Å²) in [5.74, 6) is 0.845. The zero-order valence-electron chi connectivity index (χ0n) is 8.29. The summed E-state index contributed by atoms with van der Waals surface area (Å²) in [4.78, 5) is 0. The van der Waals surface area contributed by atoms with Crippen LogP contribution in [0.3, 0.4) is 0 Å². The maximum Gasteiger partial charge on any atom is 0.122 e. The Bertz CT molecular complexity index is 342. The predicted octanol–water partition coefficient (Wildman–Crippen LogP) is 2.26. The van der Waals surface area contributed by atoms with Gasteiger partial charge in [0, 0.05) is 12.1 Å². The zero-order chi connectivity index (χ0) is 10.4. The second-order valence-electron chi connectivity index (χ2n) is 3.14. The molecule has 0 amide bonds. The van der Waals surface area contributed by atoms with Crippen LogP contribution in [0.5, 0.6) is 5.75 Å². The van der Waals surface area contributed by atoms with E-state index in [-0.39, 0.29) is 0 Å². The average molecular weight is 190 g/mol. The van der Waals surface area contributed by atoms with E-state index in [4.69, 9.17) is 15.7 Å². The van der Waals surface area contributed by atoms with Crippen molar-refractivity contribution < 1.29 is 4.74 Å². The van der Waals surface area contributed by atoms with Crippen LogP contribution in [0.25, 0.3) is 0 Å². The van der Waals surface area contributed by atoms with Gasteiger partial charge in [-0.3, -0.25) is 0 Å². The van der Waals surface area contributed by atoms with Crippen LogP contribution < -0.4 is 10.5 Å². The van der Waals surface area contributed by atoms with Gasteiger partial charge >= 0.3 is 0 Å². The number of hydrogen-bond acceptors (Lipinski definition) is 3. The van der Waals surface area contributed by atoms with Gasteiger partial charge in [0.15, 0.2) is 0 Å². The van der Waals surface area contributed by atoms with Crippen LogP contribution in [-0.2, 0) is 0 Å². The van der Waals surface area contributed by atoms with Gasteiger partial charge in [0.1, 0.15) is 5.75 Å². The number of nitrogen functional groups attached to an aromatic ring is 1. The first-order valence-electron chi connectivity index (χ1n) is 4.60. The smallest absolute Gasteiger partial charge is 0.122 e. The van der Waals surface area contributed by atoms with Crippen LogP contribution in [-0.4, -0.2) is 6.61 Å². The van der Waals surface area contributed by atoms with Gasteiger partial charge in [-0.05, 0) is 37.1 Å². The third-order valence-corrected chi connectivity index (χ3v) is 1.89. The first kappa shape index (κ1) is 10.4. The highest BCUT2D eigenvalue weighted by Crippen LogP contribution is 2.20. The van der Waals surface area contributed by atoms with Gasteiger partial charge in [0.25, 0.3) is 0 Å². The maximum absolute atomic E-state index is 8.33. The summed E-state index contributed by atoms with van der Waals surface area (Å²) < 4.78 is 5.49. The molecule has 74 valence electrons. The molecule has 0 atom stereocenters. The fourth-order valence-corrected chi connectivity index (χ4v) is 1.17. The molecule has 0 unspecified atom stereocenters. The number of nitriles is 1. The molecule has 1 rings (SSSR count). The molecular formula is C11H14N2O. The van der Waals surface area contributed by atoms with Crippen molar-refractivity contribution in [3.63, 3.8) is 0 Å². The third kappa shape index (κ3) is 2.98. The van der Waals surface area contributed by atoms with Crippen molar-refractivity contribution in [1.29, 1.82) is 5.26 Å². The van der Waals surface area contributed by atoms with Crippen LogP contribution in [0.2, 0.25) is 0 Å². The van der Waals surface area contributed by atoms with Gasteiger partial charge in [-0.25, -0.2) is 0 Å². The van der Waals surface area contributed by atoms with Crippen molar-refractivity contribution in [2.45, 2.75) is 19.8 Å². The van der Waals surface area contributed by atoms with E-state index in [0.29, 0.717) is 13.0 Å². The van der Waals surface area contributed by atoms with Gasteiger partial charge in [-0.2, -0.15) is 5.26 Å². The quantitative estimate of drug-likeness (QED) is 0.585. The van der Waals surface area contributed by atoms with Gasteiger partial charge in [-0.1, -0.05) is 0 Å². The maximum atomic E-state index is 8.33. The van der Waals surface area contributed by atoms with Gasteiger partial charge in [0.05, 0.1) is 12.7 Å². The predicted molar refractivity (Wildman–Crippen MR) is 55.9 cm³/mol. The molecule has 0 aromatic heterocycles. The molecule has 3 nitrogen and oxygen atoms in total. The molecule has 0 heterocycles. The van der Waals surface area contributed by atoms with E-state index >= 15 is 0 Å². The van der Waals surface area contributed by atoms with E-state index in [1.807, 2.05) is 25.1 Å². The SMILES string of the molecule is Cc1cc(N)ccc1OCCCC#N. The molecule has 0 aliphatic rings.